The first-order valence-electron chi connectivity index (χ1n) is 7.00. The molecule has 2 N–H and O–H groups in total. The molecule has 1 atom stereocenters. The molecule has 0 spiro atoms. The molecular formula is C17H17BrN2O. The van der Waals surface area contributed by atoms with Crippen molar-refractivity contribution in [1.29, 1.82) is 0 Å². The average Bonchev–Trinajstić information content (AvgIpc) is 2.49. The number of rotatable bonds is 2. The SMILES string of the molecule is Cc1ccc(NC(=O)[C@@H]2Cc3ccccc3CN2)c(Br)c1. The minimum Gasteiger partial charge on any atom is -0.324 e. The van der Waals surface area contributed by atoms with Crippen molar-refractivity contribution in [2.45, 2.75) is 25.9 Å². The summed E-state index contributed by atoms with van der Waals surface area (Å²) >= 11 is 3.49. The summed E-state index contributed by atoms with van der Waals surface area (Å²) in [6.07, 6.45) is 0.728. The van der Waals surface area contributed by atoms with Crippen LogP contribution in [0.4, 0.5) is 5.69 Å². The number of anilines is 1. The van der Waals surface area contributed by atoms with Crippen LogP contribution in [0.3, 0.4) is 0 Å². The number of hydrogen-bond donors (Lipinski definition) is 2. The molecular weight excluding hydrogens is 328 g/mol. The summed E-state index contributed by atoms with van der Waals surface area (Å²) in [7, 11) is 0. The number of amides is 1. The van der Waals surface area contributed by atoms with Gasteiger partial charge in [-0.2, -0.15) is 0 Å². The van der Waals surface area contributed by atoms with Gasteiger partial charge in [-0.15, -0.1) is 0 Å². The van der Waals surface area contributed by atoms with Gasteiger partial charge in [0.25, 0.3) is 0 Å². The number of hydrogen-bond acceptors (Lipinski definition) is 2. The molecule has 0 aliphatic carbocycles. The van der Waals surface area contributed by atoms with Gasteiger partial charge in [0.1, 0.15) is 0 Å². The van der Waals surface area contributed by atoms with E-state index in [4.69, 9.17) is 0 Å². The first-order chi connectivity index (χ1) is 10.1. The third-order valence-electron chi connectivity index (χ3n) is 3.78. The van der Waals surface area contributed by atoms with Crippen molar-refractivity contribution < 1.29 is 4.79 Å². The molecule has 0 saturated heterocycles. The molecule has 1 aliphatic rings. The molecule has 0 radical (unpaired) electrons. The smallest absolute Gasteiger partial charge is 0.241 e. The van der Waals surface area contributed by atoms with Gasteiger partial charge in [0, 0.05) is 11.0 Å². The molecule has 0 fully saturated rings. The molecule has 0 aromatic heterocycles. The monoisotopic (exact) mass is 344 g/mol. The van der Waals surface area contributed by atoms with Crippen LogP contribution in [0.5, 0.6) is 0 Å². The lowest BCUT2D eigenvalue weighted by Crippen LogP contribution is -2.44. The Kier molecular flexibility index (Phi) is 4.08. The van der Waals surface area contributed by atoms with Crippen molar-refractivity contribution >= 4 is 27.5 Å². The van der Waals surface area contributed by atoms with Crippen LogP contribution in [0, 0.1) is 6.92 Å². The molecule has 21 heavy (non-hydrogen) atoms. The fourth-order valence-corrected chi connectivity index (χ4v) is 3.17. The molecule has 0 bridgehead atoms. The van der Waals surface area contributed by atoms with E-state index < -0.39 is 0 Å². The molecule has 1 heterocycles. The Labute approximate surface area is 132 Å². The first-order valence-corrected chi connectivity index (χ1v) is 7.80. The lowest BCUT2D eigenvalue weighted by Gasteiger charge is -2.25. The van der Waals surface area contributed by atoms with E-state index in [9.17, 15) is 4.79 Å². The van der Waals surface area contributed by atoms with E-state index in [1.807, 2.05) is 37.3 Å². The summed E-state index contributed by atoms with van der Waals surface area (Å²) in [6.45, 7) is 2.76. The maximum Gasteiger partial charge on any atom is 0.241 e. The summed E-state index contributed by atoms with van der Waals surface area (Å²) in [6, 6.07) is 14.0. The van der Waals surface area contributed by atoms with Gasteiger partial charge in [-0.3, -0.25) is 4.79 Å². The molecule has 4 heteroatoms. The van der Waals surface area contributed by atoms with Crippen LogP contribution < -0.4 is 10.6 Å². The molecule has 0 saturated carbocycles. The number of aryl methyl sites for hydroxylation is 1. The molecule has 2 aromatic rings. The molecule has 3 rings (SSSR count). The zero-order chi connectivity index (χ0) is 14.8. The van der Waals surface area contributed by atoms with Crippen molar-refractivity contribution in [2.75, 3.05) is 5.32 Å². The predicted octanol–water partition coefficient (Wildman–Crippen LogP) is 3.41. The molecule has 1 aliphatic heterocycles. The van der Waals surface area contributed by atoms with Crippen LogP contribution in [-0.2, 0) is 17.8 Å². The van der Waals surface area contributed by atoms with Gasteiger partial charge in [0.2, 0.25) is 5.91 Å². The highest BCUT2D eigenvalue weighted by Gasteiger charge is 2.24. The average molecular weight is 345 g/mol. The summed E-state index contributed by atoms with van der Waals surface area (Å²) < 4.78 is 0.909. The van der Waals surface area contributed by atoms with Crippen molar-refractivity contribution in [1.82, 2.24) is 5.32 Å². The van der Waals surface area contributed by atoms with Gasteiger partial charge < -0.3 is 10.6 Å². The fraction of sp³-hybridized carbons (Fsp3) is 0.235. The van der Waals surface area contributed by atoms with Gasteiger partial charge in [-0.1, -0.05) is 30.3 Å². The Morgan fingerprint density at radius 1 is 1.24 bits per heavy atom. The largest absolute Gasteiger partial charge is 0.324 e. The van der Waals surface area contributed by atoms with Crippen LogP contribution in [0.15, 0.2) is 46.9 Å². The highest BCUT2D eigenvalue weighted by molar-refractivity contribution is 9.10. The molecule has 0 unspecified atom stereocenters. The second-order valence-corrected chi connectivity index (χ2v) is 6.23. The van der Waals surface area contributed by atoms with Gasteiger partial charge >= 0.3 is 0 Å². The molecule has 2 aromatic carbocycles. The van der Waals surface area contributed by atoms with E-state index in [1.165, 1.54) is 11.1 Å². The summed E-state index contributed by atoms with van der Waals surface area (Å²) in [5, 5.41) is 6.29. The minimum absolute atomic E-state index is 0.00839. The van der Waals surface area contributed by atoms with E-state index in [2.05, 4.69) is 38.7 Å². The molecule has 108 valence electrons. The number of carbonyl (C=O) groups is 1. The number of benzene rings is 2. The maximum absolute atomic E-state index is 12.4. The van der Waals surface area contributed by atoms with Gasteiger partial charge in [-0.05, 0) is 58.1 Å². The topological polar surface area (TPSA) is 41.1 Å². The third kappa shape index (κ3) is 3.17. The summed E-state index contributed by atoms with van der Waals surface area (Å²) in [4.78, 5) is 12.4. The number of halogens is 1. The minimum atomic E-state index is -0.187. The first kappa shape index (κ1) is 14.3. The standard InChI is InChI=1S/C17H17BrN2O/c1-11-6-7-15(14(18)8-11)20-17(21)16-9-12-4-2-3-5-13(12)10-19-16/h2-8,16,19H,9-10H2,1H3,(H,20,21)/t16-/m0/s1. The normalized spacial score (nSPS) is 17.1. The van der Waals surface area contributed by atoms with Crippen molar-refractivity contribution in [3.8, 4) is 0 Å². The Balaban J connectivity index is 1.72. The fourth-order valence-electron chi connectivity index (χ4n) is 2.58. The van der Waals surface area contributed by atoms with Crippen LogP contribution in [0.25, 0.3) is 0 Å². The van der Waals surface area contributed by atoms with E-state index in [1.54, 1.807) is 0 Å². The second-order valence-electron chi connectivity index (χ2n) is 5.38. The van der Waals surface area contributed by atoms with Crippen LogP contribution in [-0.4, -0.2) is 11.9 Å². The van der Waals surface area contributed by atoms with Gasteiger partial charge in [0.05, 0.1) is 11.7 Å². The summed E-state index contributed by atoms with van der Waals surface area (Å²) in [5.41, 5.74) is 4.49. The van der Waals surface area contributed by atoms with Gasteiger partial charge in [-0.25, -0.2) is 0 Å². The zero-order valence-corrected chi connectivity index (χ0v) is 13.4. The second kappa shape index (κ2) is 6.00. The Morgan fingerprint density at radius 3 is 2.76 bits per heavy atom. The van der Waals surface area contributed by atoms with Crippen molar-refractivity contribution in [3.63, 3.8) is 0 Å². The molecule has 3 nitrogen and oxygen atoms in total. The lowest BCUT2D eigenvalue weighted by atomic mass is 9.95. The molecule has 1 amide bonds. The number of fused-ring (bicyclic) bond motifs is 1. The number of carbonyl (C=O) groups excluding carboxylic acids is 1. The number of nitrogens with one attached hydrogen (secondary N) is 2. The van der Waals surface area contributed by atoms with E-state index in [0.29, 0.717) is 0 Å². The quantitative estimate of drug-likeness (QED) is 0.876. The maximum atomic E-state index is 12.4. The summed E-state index contributed by atoms with van der Waals surface area (Å²) in [5.74, 6) is 0.00839. The third-order valence-corrected chi connectivity index (χ3v) is 4.44. The van der Waals surface area contributed by atoms with Crippen LogP contribution in [0.1, 0.15) is 16.7 Å². The lowest BCUT2D eigenvalue weighted by molar-refractivity contribution is -0.118. The predicted molar refractivity (Wildman–Crippen MR) is 88.3 cm³/mol. The van der Waals surface area contributed by atoms with Crippen LogP contribution >= 0.6 is 15.9 Å². The van der Waals surface area contributed by atoms with E-state index >= 15 is 0 Å². The van der Waals surface area contributed by atoms with E-state index in [0.717, 1.165) is 28.7 Å². The van der Waals surface area contributed by atoms with E-state index in [-0.39, 0.29) is 11.9 Å². The zero-order valence-electron chi connectivity index (χ0n) is 11.8. The van der Waals surface area contributed by atoms with Crippen LogP contribution in [0.2, 0.25) is 0 Å². The van der Waals surface area contributed by atoms with Crippen molar-refractivity contribution in [3.05, 3.63) is 63.6 Å². The Bertz CT molecular complexity index is 684. The highest BCUT2D eigenvalue weighted by atomic mass is 79.9. The Hall–Kier alpha value is -1.65. The Morgan fingerprint density at radius 2 is 2.00 bits per heavy atom. The van der Waals surface area contributed by atoms with Gasteiger partial charge in [0.15, 0.2) is 0 Å². The van der Waals surface area contributed by atoms with Crippen molar-refractivity contribution in [2.24, 2.45) is 0 Å². The highest BCUT2D eigenvalue weighted by Crippen LogP contribution is 2.24.